The van der Waals surface area contributed by atoms with E-state index in [1.807, 2.05) is 30.3 Å². The monoisotopic (exact) mass is 374 g/mol. The molecular weight excluding hydrogens is 348 g/mol. The quantitative estimate of drug-likeness (QED) is 0.809. The normalized spacial score (nSPS) is 17.0. The van der Waals surface area contributed by atoms with E-state index < -0.39 is 10.0 Å². The maximum atomic E-state index is 12.6. The van der Waals surface area contributed by atoms with Crippen LogP contribution in [0.15, 0.2) is 59.5 Å². The van der Waals surface area contributed by atoms with Gasteiger partial charge in [0.2, 0.25) is 10.0 Å². The Morgan fingerprint density at radius 1 is 1.00 bits per heavy atom. The fraction of sp³-hybridized carbons (Fsp3) is 0.400. The van der Waals surface area contributed by atoms with Gasteiger partial charge < -0.3 is 4.74 Å². The molecule has 3 rings (SSSR count). The van der Waals surface area contributed by atoms with Crippen molar-refractivity contribution in [2.75, 3.05) is 26.7 Å². The van der Waals surface area contributed by atoms with Gasteiger partial charge in [0.25, 0.3) is 0 Å². The molecule has 1 fully saturated rings. The maximum Gasteiger partial charge on any atom is 0.240 e. The Morgan fingerprint density at radius 2 is 1.65 bits per heavy atom. The van der Waals surface area contributed by atoms with Crippen LogP contribution in [0.5, 0.6) is 5.75 Å². The van der Waals surface area contributed by atoms with Gasteiger partial charge in [-0.05, 0) is 44.1 Å². The summed E-state index contributed by atoms with van der Waals surface area (Å²) in [5.74, 6) is 0.794. The SMILES string of the molecule is COc1ccccc1C(CNS(=O)(=O)c1ccccc1)N1CCCCC1. The van der Waals surface area contributed by atoms with Crippen molar-refractivity contribution in [1.29, 1.82) is 0 Å². The Hall–Kier alpha value is -1.89. The standard InChI is InChI=1S/C20H26N2O3S/c1-25-20-13-7-6-12-18(20)19(22-14-8-3-9-15-22)16-21-26(23,24)17-10-4-2-5-11-17/h2,4-7,10-13,19,21H,3,8-9,14-16H2,1H3. The molecule has 6 heteroatoms. The van der Waals surface area contributed by atoms with Crippen LogP contribution in [0.1, 0.15) is 30.9 Å². The van der Waals surface area contributed by atoms with E-state index in [1.165, 1.54) is 6.42 Å². The molecule has 1 heterocycles. The number of sulfonamides is 1. The summed E-state index contributed by atoms with van der Waals surface area (Å²) in [6.07, 6.45) is 3.50. The average Bonchev–Trinajstić information content (AvgIpc) is 2.70. The lowest BCUT2D eigenvalue weighted by Crippen LogP contribution is -2.40. The van der Waals surface area contributed by atoms with Crippen LogP contribution in [0.4, 0.5) is 0 Å². The first kappa shape index (κ1) is 18.9. The fourth-order valence-electron chi connectivity index (χ4n) is 3.48. The second kappa shape index (κ2) is 8.66. The number of hydrogen-bond acceptors (Lipinski definition) is 4. The molecule has 26 heavy (non-hydrogen) atoms. The molecule has 0 aliphatic carbocycles. The van der Waals surface area contributed by atoms with Gasteiger partial charge in [0.1, 0.15) is 5.75 Å². The Labute approximate surface area is 156 Å². The molecule has 0 aromatic heterocycles. The third-order valence-electron chi connectivity index (χ3n) is 4.85. The molecule has 1 aliphatic rings. The summed E-state index contributed by atoms with van der Waals surface area (Å²) in [7, 11) is -1.89. The first-order chi connectivity index (χ1) is 12.6. The number of piperidine rings is 1. The van der Waals surface area contributed by atoms with Gasteiger partial charge in [-0.25, -0.2) is 13.1 Å². The lowest BCUT2D eigenvalue weighted by Gasteiger charge is -2.35. The van der Waals surface area contributed by atoms with Crippen LogP contribution in [-0.4, -0.2) is 40.1 Å². The van der Waals surface area contributed by atoms with E-state index in [4.69, 9.17) is 4.74 Å². The summed E-state index contributed by atoms with van der Waals surface area (Å²) in [5.41, 5.74) is 1.02. The van der Waals surface area contributed by atoms with Crippen molar-refractivity contribution in [3.63, 3.8) is 0 Å². The summed E-state index contributed by atoms with van der Waals surface area (Å²) < 4.78 is 33.6. The topological polar surface area (TPSA) is 58.6 Å². The van der Waals surface area contributed by atoms with Crippen LogP contribution in [0.25, 0.3) is 0 Å². The van der Waals surface area contributed by atoms with E-state index in [2.05, 4.69) is 9.62 Å². The van der Waals surface area contributed by atoms with Gasteiger partial charge in [0.15, 0.2) is 0 Å². The molecule has 1 atom stereocenters. The van der Waals surface area contributed by atoms with E-state index in [0.29, 0.717) is 6.54 Å². The Balaban J connectivity index is 1.84. The molecule has 1 N–H and O–H groups in total. The largest absolute Gasteiger partial charge is 0.496 e. The summed E-state index contributed by atoms with van der Waals surface area (Å²) >= 11 is 0. The zero-order chi connectivity index (χ0) is 18.4. The molecule has 0 saturated carbocycles. The Morgan fingerprint density at radius 3 is 2.35 bits per heavy atom. The lowest BCUT2D eigenvalue weighted by atomic mass is 10.0. The first-order valence-corrected chi connectivity index (χ1v) is 10.5. The number of rotatable bonds is 7. The van der Waals surface area contributed by atoms with Gasteiger partial charge in [-0.2, -0.15) is 0 Å². The number of hydrogen-bond donors (Lipinski definition) is 1. The van der Waals surface area contributed by atoms with Crippen LogP contribution < -0.4 is 9.46 Å². The third-order valence-corrected chi connectivity index (χ3v) is 6.29. The smallest absolute Gasteiger partial charge is 0.240 e. The fourth-order valence-corrected chi connectivity index (χ4v) is 4.54. The molecule has 2 aromatic carbocycles. The molecule has 0 bridgehead atoms. The summed E-state index contributed by atoms with van der Waals surface area (Å²) in [5, 5.41) is 0. The zero-order valence-electron chi connectivity index (χ0n) is 15.1. The summed E-state index contributed by atoms with van der Waals surface area (Å²) in [6, 6.07) is 16.3. The zero-order valence-corrected chi connectivity index (χ0v) is 15.9. The summed E-state index contributed by atoms with van der Waals surface area (Å²) in [4.78, 5) is 2.65. The summed E-state index contributed by atoms with van der Waals surface area (Å²) in [6.45, 7) is 2.25. The molecular formula is C20H26N2O3S. The highest BCUT2D eigenvalue weighted by molar-refractivity contribution is 7.89. The van der Waals surface area contributed by atoms with Crippen molar-refractivity contribution in [1.82, 2.24) is 9.62 Å². The van der Waals surface area contributed by atoms with E-state index in [0.717, 1.165) is 37.2 Å². The van der Waals surface area contributed by atoms with E-state index in [-0.39, 0.29) is 10.9 Å². The van der Waals surface area contributed by atoms with Gasteiger partial charge in [-0.3, -0.25) is 4.90 Å². The van der Waals surface area contributed by atoms with Gasteiger partial charge in [0, 0.05) is 12.1 Å². The average molecular weight is 375 g/mol. The molecule has 140 valence electrons. The molecule has 1 aliphatic heterocycles. The highest BCUT2D eigenvalue weighted by Gasteiger charge is 2.26. The van der Waals surface area contributed by atoms with Crippen molar-refractivity contribution in [3.05, 3.63) is 60.2 Å². The Bertz CT molecular complexity index is 803. The second-order valence-corrected chi connectivity index (χ2v) is 8.29. The number of likely N-dealkylation sites (tertiary alicyclic amines) is 1. The van der Waals surface area contributed by atoms with Crippen LogP contribution in [0.3, 0.4) is 0 Å². The van der Waals surface area contributed by atoms with E-state index in [9.17, 15) is 8.42 Å². The minimum Gasteiger partial charge on any atom is -0.496 e. The number of ether oxygens (including phenoxy) is 1. The molecule has 0 amide bonds. The van der Waals surface area contributed by atoms with E-state index in [1.54, 1.807) is 31.4 Å². The minimum atomic E-state index is -3.54. The number of methoxy groups -OCH3 is 1. The van der Waals surface area contributed by atoms with Crippen LogP contribution in [-0.2, 0) is 10.0 Å². The Kier molecular flexibility index (Phi) is 6.29. The highest BCUT2D eigenvalue weighted by Crippen LogP contribution is 2.31. The maximum absolute atomic E-state index is 12.6. The minimum absolute atomic E-state index is 0.0510. The highest BCUT2D eigenvalue weighted by atomic mass is 32.2. The van der Waals surface area contributed by atoms with Crippen molar-refractivity contribution in [2.24, 2.45) is 0 Å². The molecule has 2 aromatic rings. The van der Waals surface area contributed by atoms with Crippen LogP contribution in [0, 0.1) is 0 Å². The predicted octanol–water partition coefficient (Wildman–Crippen LogP) is 3.20. The predicted molar refractivity (Wildman–Crippen MR) is 103 cm³/mol. The first-order valence-electron chi connectivity index (χ1n) is 9.03. The molecule has 0 radical (unpaired) electrons. The van der Waals surface area contributed by atoms with Gasteiger partial charge in [-0.15, -0.1) is 0 Å². The lowest BCUT2D eigenvalue weighted by molar-refractivity contribution is 0.162. The molecule has 1 unspecified atom stereocenters. The van der Waals surface area contributed by atoms with Crippen LogP contribution >= 0.6 is 0 Å². The van der Waals surface area contributed by atoms with E-state index >= 15 is 0 Å². The van der Waals surface area contributed by atoms with Crippen molar-refractivity contribution in [2.45, 2.75) is 30.2 Å². The second-order valence-electron chi connectivity index (χ2n) is 6.52. The van der Waals surface area contributed by atoms with Crippen molar-refractivity contribution < 1.29 is 13.2 Å². The number of nitrogens with zero attached hydrogens (tertiary/aromatic N) is 1. The molecule has 1 saturated heterocycles. The number of para-hydroxylation sites is 1. The third kappa shape index (κ3) is 4.44. The van der Waals surface area contributed by atoms with Gasteiger partial charge in [-0.1, -0.05) is 42.8 Å². The molecule has 5 nitrogen and oxygen atoms in total. The van der Waals surface area contributed by atoms with Crippen LogP contribution in [0.2, 0.25) is 0 Å². The van der Waals surface area contributed by atoms with Gasteiger partial charge >= 0.3 is 0 Å². The molecule has 0 spiro atoms. The van der Waals surface area contributed by atoms with Crippen molar-refractivity contribution in [3.8, 4) is 5.75 Å². The number of nitrogens with one attached hydrogen (secondary N) is 1. The van der Waals surface area contributed by atoms with Gasteiger partial charge in [0.05, 0.1) is 18.0 Å². The van der Waals surface area contributed by atoms with Crippen molar-refractivity contribution >= 4 is 10.0 Å². The number of benzene rings is 2.